The van der Waals surface area contributed by atoms with Crippen molar-refractivity contribution in [2.24, 2.45) is 0 Å². The van der Waals surface area contributed by atoms with Gasteiger partial charge in [0.15, 0.2) is 0 Å². The van der Waals surface area contributed by atoms with Crippen LogP contribution in [0.5, 0.6) is 0 Å². The zero-order chi connectivity index (χ0) is 13.9. The lowest BCUT2D eigenvalue weighted by molar-refractivity contribution is 0.0698. The highest BCUT2D eigenvalue weighted by Crippen LogP contribution is 2.19. The third kappa shape index (κ3) is 3.37. The molecule has 5 nitrogen and oxygen atoms in total. The predicted molar refractivity (Wildman–Crippen MR) is 74.1 cm³/mol. The van der Waals surface area contributed by atoms with Gasteiger partial charge in [-0.3, -0.25) is 0 Å². The number of hydrogen-bond acceptors (Lipinski definition) is 4. The second-order valence-corrected chi connectivity index (χ2v) is 5.17. The molecular formula is C13H21N3O2. The minimum atomic E-state index is -1.01. The molecule has 1 aromatic carbocycles. The van der Waals surface area contributed by atoms with Crippen LogP contribution < -0.4 is 11.1 Å². The number of nitrogen functional groups attached to an aromatic ring is 1. The topological polar surface area (TPSA) is 78.6 Å². The molecule has 100 valence electrons. The number of carbonyl (C=O) groups is 1. The molecule has 0 aromatic heterocycles. The lowest BCUT2D eigenvalue weighted by Crippen LogP contribution is -2.44. The number of likely N-dealkylation sites (N-methyl/N-ethyl adjacent to an activating group) is 1. The number of benzene rings is 1. The van der Waals surface area contributed by atoms with E-state index in [0.717, 1.165) is 12.2 Å². The van der Waals surface area contributed by atoms with Crippen molar-refractivity contribution in [1.29, 1.82) is 0 Å². The molecule has 0 fully saturated rings. The van der Waals surface area contributed by atoms with Crippen molar-refractivity contribution in [3.63, 3.8) is 0 Å². The molecule has 0 aliphatic carbocycles. The minimum Gasteiger partial charge on any atom is -0.478 e. The average Bonchev–Trinajstić information content (AvgIpc) is 2.25. The zero-order valence-corrected chi connectivity index (χ0v) is 11.3. The van der Waals surface area contributed by atoms with Gasteiger partial charge in [-0.25, -0.2) is 4.79 Å². The summed E-state index contributed by atoms with van der Waals surface area (Å²) in [7, 11) is 4.03. The molecule has 0 aliphatic rings. The number of carboxylic acid groups (broad SMARTS) is 1. The van der Waals surface area contributed by atoms with Gasteiger partial charge in [0.1, 0.15) is 0 Å². The number of hydrogen-bond donors (Lipinski definition) is 3. The van der Waals surface area contributed by atoms with E-state index in [-0.39, 0.29) is 16.8 Å². The van der Waals surface area contributed by atoms with Gasteiger partial charge in [-0.05, 0) is 46.1 Å². The molecule has 0 amide bonds. The monoisotopic (exact) mass is 251 g/mol. The summed E-state index contributed by atoms with van der Waals surface area (Å²) in [4.78, 5) is 13.0. The highest BCUT2D eigenvalue weighted by atomic mass is 16.4. The van der Waals surface area contributed by atoms with Crippen LogP contribution in [0, 0.1) is 0 Å². The summed E-state index contributed by atoms with van der Waals surface area (Å²) in [6, 6.07) is 4.89. The van der Waals surface area contributed by atoms with Gasteiger partial charge in [0.2, 0.25) is 0 Å². The maximum absolute atomic E-state index is 10.8. The Balaban J connectivity index is 2.76. The standard InChI is InChI=1S/C13H21N3O2/c1-13(2,16(3)4)8-15-9-5-6-10(12(17)18)11(14)7-9/h5-7,15H,8,14H2,1-4H3,(H,17,18). The van der Waals surface area contributed by atoms with Crippen LogP contribution >= 0.6 is 0 Å². The highest BCUT2D eigenvalue weighted by molar-refractivity contribution is 5.94. The molecule has 0 saturated heterocycles. The van der Waals surface area contributed by atoms with Crippen LogP contribution in [-0.4, -0.2) is 42.2 Å². The fraction of sp³-hybridized carbons (Fsp3) is 0.462. The third-order valence-electron chi connectivity index (χ3n) is 3.22. The maximum Gasteiger partial charge on any atom is 0.337 e. The molecule has 0 radical (unpaired) electrons. The van der Waals surface area contributed by atoms with E-state index >= 15 is 0 Å². The van der Waals surface area contributed by atoms with Crippen LogP contribution in [0.15, 0.2) is 18.2 Å². The van der Waals surface area contributed by atoms with Gasteiger partial charge in [-0.2, -0.15) is 0 Å². The van der Waals surface area contributed by atoms with Crippen molar-refractivity contribution in [3.05, 3.63) is 23.8 Å². The second kappa shape index (κ2) is 5.27. The maximum atomic E-state index is 10.8. The molecule has 0 aliphatic heterocycles. The molecule has 18 heavy (non-hydrogen) atoms. The number of anilines is 2. The molecule has 1 aromatic rings. The number of rotatable bonds is 5. The Morgan fingerprint density at radius 2 is 2.06 bits per heavy atom. The average molecular weight is 251 g/mol. The van der Waals surface area contributed by atoms with Crippen molar-refractivity contribution >= 4 is 17.3 Å². The summed E-state index contributed by atoms with van der Waals surface area (Å²) >= 11 is 0. The van der Waals surface area contributed by atoms with Crippen molar-refractivity contribution in [1.82, 2.24) is 4.90 Å². The Hall–Kier alpha value is -1.75. The number of nitrogens with one attached hydrogen (secondary N) is 1. The van der Waals surface area contributed by atoms with E-state index in [1.165, 1.54) is 6.07 Å². The normalized spacial score (nSPS) is 11.6. The Labute approximate surface area is 108 Å². The molecule has 0 bridgehead atoms. The van der Waals surface area contributed by atoms with Crippen LogP contribution in [0.4, 0.5) is 11.4 Å². The van der Waals surface area contributed by atoms with Crippen molar-refractivity contribution in [2.45, 2.75) is 19.4 Å². The number of aromatic carboxylic acids is 1. The highest BCUT2D eigenvalue weighted by Gasteiger charge is 2.20. The first-order chi connectivity index (χ1) is 8.24. The van der Waals surface area contributed by atoms with E-state index in [4.69, 9.17) is 10.8 Å². The smallest absolute Gasteiger partial charge is 0.337 e. The molecule has 0 saturated carbocycles. The van der Waals surface area contributed by atoms with Gasteiger partial charge >= 0.3 is 5.97 Å². The summed E-state index contributed by atoms with van der Waals surface area (Å²) < 4.78 is 0. The molecule has 5 heteroatoms. The molecule has 0 atom stereocenters. The van der Waals surface area contributed by atoms with Crippen LogP contribution in [-0.2, 0) is 0 Å². The van der Waals surface area contributed by atoms with Gasteiger partial charge in [0.05, 0.1) is 5.56 Å². The Morgan fingerprint density at radius 1 is 1.44 bits per heavy atom. The van der Waals surface area contributed by atoms with Crippen LogP contribution in [0.2, 0.25) is 0 Å². The van der Waals surface area contributed by atoms with E-state index in [2.05, 4.69) is 24.1 Å². The van der Waals surface area contributed by atoms with E-state index in [1.807, 2.05) is 14.1 Å². The van der Waals surface area contributed by atoms with E-state index in [1.54, 1.807) is 12.1 Å². The molecule has 0 heterocycles. The van der Waals surface area contributed by atoms with E-state index in [9.17, 15) is 4.79 Å². The third-order valence-corrected chi connectivity index (χ3v) is 3.22. The zero-order valence-electron chi connectivity index (χ0n) is 11.3. The van der Waals surface area contributed by atoms with Crippen molar-refractivity contribution in [2.75, 3.05) is 31.7 Å². The van der Waals surface area contributed by atoms with Crippen molar-refractivity contribution < 1.29 is 9.90 Å². The second-order valence-electron chi connectivity index (χ2n) is 5.17. The van der Waals surface area contributed by atoms with Crippen LogP contribution in [0.1, 0.15) is 24.2 Å². The van der Waals surface area contributed by atoms with E-state index in [0.29, 0.717) is 0 Å². The number of nitrogens with zero attached hydrogens (tertiary/aromatic N) is 1. The first kappa shape index (κ1) is 14.3. The molecule has 4 N–H and O–H groups in total. The van der Waals surface area contributed by atoms with Gasteiger partial charge in [0, 0.05) is 23.5 Å². The Bertz CT molecular complexity index is 442. The fourth-order valence-electron chi connectivity index (χ4n) is 1.34. The SMILES string of the molecule is CN(C)C(C)(C)CNc1ccc(C(=O)O)c(N)c1. The number of nitrogens with two attached hydrogens (primary N) is 1. The fourth-order valence-corrected chi connectivity index (χ4v) is 1.34. The summed E-state index contributed by atoms with van der Waals surface area (Å²) in [6.45, 7) is 4.98. The first-order valence-corrected chi connectivity index (χ1v) is 5.78. The van der Waals surface area contributed by atoms with Gasteiger partial charge in [0.25, 0.3) is 0 Å². The van der Waals surface area contributed by atoms with Gasteiger partial charge < -0.3 is 21.1 Å². The Morgan fingerprint density at radius 3 is 2.50 bits per heavy atom. The lowest BCUT2D eigenvalue weighted by atomic mass is 10.0. The molecular weight excluding hydrogens is 230 g/mol. The predicted octanol–water partition coefficient (Wildman–Crippen LogP) is 1.72. The summed E-state index contributed by atoms with van der Waals surface area (Å²) in [5.41, 5.74) is 6.92. The summed E-state index contributed by atoms with van der Waals surface area (Å²) in [5.74, 6) is -1.01. The lowest BCUT2D eigenvalue weighted by Gasteiger charge is -2.33. The number of carboxylic acids is 1. The molecule has 0 spiro atoms. The Kier molecular flexibility index (Phi) is 4.19. The quantitative estimate of drug-likeness (QED) is 0.694. The first-order valence-electron chi connectivity index (χ1n) is 5.78. The molecule has 0 unspecified atom stereocenters. The largest absolute Gasteiger partial charge is 0.478 e. The molecule has 1 rings (SSSR count). The van der Waals surface area contributed by atoms with Crippen LogP contribution in [0.3, 0.4) is 0 Å². The minimum absolute atomic E-state index is 0.000229. The van der Waals surface area contributed by atoms with Gasteiger partial charge in [-0.1, -0.05) is 0 Å². The summed E-state index contributed by atoms with van der Waals surface area (Å²) in [6.07, 6.45) is 0. The van der Waals surface area contributed by atoms with Crippen molar-refractivity contribution in [3.8, 4) is 0 Å². The van der Waals surface area contributed by atoms with Gasteiger partial charge in [-0.15, -0.1) is 0 Å². The van der Waals surface area contributed by atoms with E-state index < -0.39 is 5.97 Å². The summed E-state index contributed by atoms with van der Waals surface area (Å²) in [5, 5.41) is 12.1. The van der Waals surface area contributed by atoms with Crippen LogP contribution in [0.25, 0.3) is 0 Å².